The first-order valence-corrected chi connectivity index (χ1v) is 4.87. The molecule has 0 aromatic rings. The van der Waals surface area contributed by atoms with E-state index in [1.54, 1.807) is 13.8 Å². The van der Waals surface area contributed by atoms with Crippen LogP contribution >= 0.6 is 12.6 Å². The Bertz CT molecular complexity index is 203. The number of hydrogen-bond donors (Lipinski definition) is 1. The first kappa shape index (κ1) is 12.5. The minimum atomic E-state index is -0.773. The van der Waals surface area contributed by atoms with E-state index >= 15 is 0 Å². The third-order valence-electron chi connectivity index (χ3n) is 1.76. The van der Waals surface area contributed by atoms with Crippen molar-refractivity contribution in [2.24, 2.45) is 5.41 Å². The molecule has 0 aliphatic heterocycles. The van der Waals surface area contributed by atoms with Crippen LogP contribution in [-0.4, -0.2) is 24.1 Å². The lowest BCUT2D eigenvalue weighted by molar-refractivity contribution is -0.154. The van der Waals surface area contributed by atoms with Crippen LogP contribution in [0, 0.1) is 5.41 Å². The molecule has 1 atom stereocenters. The third-order valence-corrected chi connectivity index (χ3v) is 2.45. The number of ether oxygens (including phenoxy) is 1. The number of ketones is 1. The van der Waals surface area contributed by atoms with Gasteiger partial charge >= 0.3 is 5.97 Å². The monoisotopic (exact) mass is 204 g/mol. The van der Waals surface area contributed by atoms with Gasteiger partial charge in [-0.3, -0.25) is 9.59 Å². The molecule has 0 aliphatic carbocycles. The largest absolute Gasteiger partial charge is 0.466 e. The van der Waals surface area contributed by atoms with E-state index in [-0.39, 0.29) is 18.2 Å². The number of Topliss-reactive ketones (excluding diaryl/α,β-unsaturated/α-hetero) is 1. The van der Waals surface area contributed by atoms with Crippen molar-refractivity contribution in [1.29, 1.82) is 0 Å². The molecule has 0 amide bonds. The third kappa shape index (κ3) is 3.81. The quantitative estimate of drug-likeness (QED) is 0.544. The van der Waals surface area contributed by atoms with Gasteiger partial charge in [0.15, 0.2) is 0 Å². The molecule has 3 nitrogen and oxygen atoms in total. The van der Waals surface area contributed by atoms with Crippen LogP contribution in [0.3, 0.4) is 0 Å². The summed E-state index contributed by atoms with van der Waals surface area (Å²) in [6.45, 7) is 5.23. The summed E-state index contributed by atoms with van der Waals surface area (Å²) in [5.74, 6) is -0.0457. The maximum Gasteiger partial charge on any atom is 0.313 e. The van der Waals surface area contributed by atoms with Gasteiger partial charge in [-0.15, -0.1) is 0 Å². The Morgan fingerprint density at radius 1 is 1.46 bits per heavy atom. The molecule has 1 unspecified atom stereocenters. The van der Waals surface area contributed by atoms with E-state index in [1.807, 2.05) is 0 Å². The maximum absolute atomic E-state index is 11.4. The highest BCUT2D eigenvalue weighted by Gasteiger charge is 2.34. The average Bonchev–Trinajstić information content (AvgIpc) is 2.03. The summed E-state index contributed by atoms with van der Waals surface area (Å²) < 4.78 is 4.86. The van der Waals surface area contributed by atoms with E-state index in [1.165, 1.54) is 6.92 Å². The summed E-state index contributed by atoms with van der Waals surface area (Å²) in [7, 11) is 0. The van der Waals surface area contributed by atoms with Crippen LogP contribution in [-0.2, 0) is 14.3 Å². The second-order valence-electron chi connectivity index (χ2n) is 3.32. The molecule has 0 N–H and O–H groups in total. The summed E-state index contributed by atoms with van der Waals surface area (Å²) in [4.78, 5) is 22.3. The summed E-state index contributed by atoms with van der Waals surface area (Å²) in [6, 6.07) is 0. The Morgan fingerprint density at radius 2 is 2.00 bits per heavy atom. The Morgan fingerprint density at radius 3 is 2.31 bits per heavy atom. The zero-order valence-electron chi connectivity index (χ0n) is 8.29. The van der Waals surface area contributed by atoms with E-state index in [0.29, 0.717) is 12.4 Å². The highest BCUT2D eigenvalue weighted by atomic mass is 32.1. The van der Waals surface area contributed by atoms with Gasteiger partial charge < -0.3 is 4.74 Å². The van der Waals surface area contributed by atoms with E-state index in [9.17, 15) is 9.59 Å². The molecule has 13 heavy (non-hydrogen) atoms. The lowest BCUT2D eigenvalue weighted by Crippen LogP contribution is -2.33. The van der Waals surface area contributed by atoms with E-state index < -0.39 is 5.41 Å². The summed E-state index contributed by atoms with van der Waals surface area (Å²) >= 11 is 4.05. The molecular weight excluding hydrogens is 188 g/mol. The summed E-state index contributed by atoms with van der Waals surface area (Å²) in [6.07, 6.45) is 0.190. The number of esters is 1. The Balaban J connectivity index is 4.42. The molecule has 0 aromatic heterocycles. The van der Waals surface area contributed by atoms with E-state index in [4.69, 9.17) is 4.74 Å². The van der Waals surface area contributed by atoms with Gasteiger partial charge in [0.2, 0.25) is 0 Å². The molecule has 0 bridgehead atoms. The molecule has 76 valence electrons. The summed E-state index contributed by atoms with van der Waals surface area (Å²) in [5.41, 5.74) is -0.773. The zero-order chi connectivity index (χ0) is 10.5. The fourth-order valence-corrected chi connectivity index (χ4v) is 1.29. The number of carbonyl (C=O) groups excluding carboxylic acids is 2. The average molecular weight is 204 g/mol. The van der Waals surface area contributed by atoms with Crippen LogP contribution in [0.5, 0.6) is 0 Å². The van der Waals surface area contributed by atoms with E-state index in [2.05, 4.69) is 12.6 Å². The first-order valence-electron chi connectivity index (χ1n) is 4.24. The van der Waals surface area contributed by atoms with Gasteiger partial charge in [-0.1, -0.05) is 0 Å². The topological polar surface area (TPSA) is 43.4 Å². The Hall–Kier alpha value is -0.510. The molecule has 4 heteroatoms. The maximum atomic E-state index is 11.4. The number of carbonyl (C=O) groups is 2. The highest BCUT2D eigenvalue weighted by Crippen LogP contribution is 2.25. The predicted molar refractivity (Wildman–Crippen MR) is 53.9 cm³/mol. The van der Waals surface area contributed by atoms with Crippen molar-refractivity contribution in [3.8, 4) is 0 Å². The number of hydrogen-bond acceptors (Lipinski definition) is 4. The normalized spacial score (nSPS) is 14.8. The van der Waals surface area contributed by atoms with Crippen LogP contribution in [0.15, 0.2) is 0 Å². The molecule has 0 aliphatic rings. The van der Waals surface area contributed by atoms with Crippen molar-refractivity contribution in [1.82, 2.24) is 0 Å². The van der Waals surface area contributed by atoms with Crippen molar-refractivity contribution >= 4 is 24.4 Å². The SMILES string of the molecule is CCOC(=O)C(C)(CS)CC(C)=O. The minimum Gasteiger partial charge on any atom is -0.466 e. The molecular formula is C9H16O3S. The molecule has 0 saturated carbocycles. The highest BCUT2D eigenvalue weighted by molar-refractivity contribution is 7.80. The van der Waals surface area contributed by atoms with Crippen LogP contribution in [0.2, 0.25) is 0 Å². The predicted octanol–water partition coefficient (Wildman–Crippen LogP) is 1.46. The van der Waals surface area contributed by atoms with Crippen LogP contribution in [0.1, 0.15) is 27.2 Å². The van der Waals surface area contributed by atoms with Crippen molar-refractivity contribution in [3.05, 3.63) is 0 Å². The first-order chi connectivity index (χ1) is 5.96. The minimum absolute atomic E-state index is 0.0235. The van der Waals surface area contributed by atoms with E-state index in [0.717, 1.165) is 0 Å². The number of rotatable bonds is 5. The van der Waals surface area contributed by atoms with Gasteiger partial charge in [0.05, 0.1) is 12.0 Å². The van der Waals surface area contributed by atoms with Crippen molar-refractivity contribution < 1.29 is 14.3 Å². The standard InChI is InChI=1S/C9H16O3S/c1-4-12-8(11)9(3,6-13)5-7(2)10/h13H,4-6H2,1-3H3. The molecule has 0 radical (unpaired) electrons. The zero-order valence-corrected chi connectivity index (χ0v) is 9.19. The molecule has 0 saturated heterocycles. The van der Waals surface area contributed by atoms with Crippen LogP contribution in [0.25, 0.3) is 0 Å². The van der Waals surface area contributed by atoms with Crippen molar-refractivity contribution in [2.75, 3.05) is 12.4 Å². The Labute approximate surface area is 84.3 Å². The van der Waals surface area contributed by atoms with Gasteiger partial charge in [-0.25, -0.2) is 0 Å². The molecule has 0 rings (SSSR count). The van der Waals surface area contributed by atoms with Crippen LogP contribution in [0.4, 0.5) is 0 Å². The summed E-state index contributed by atoms with van der Waals surface area (Å²) in [5, 5.41) is 0. The lowest BCUT2D eigenvalue weighted by atomic mass is 9.87. The van der Waals surface area contributed by atoms with Gasteiger partial charge in [0, 0.05) is 12.2 Å². The smallest absolute Gasteiger partial charge is 0.313 e. The van der Waals surface area contributed by atoms with Gasteiger partial charge in [0.25, 0.3) is 0 Å². The van der Waals surface area contributed by atoms with Crippen LogP contribution < -0.4 is 0 Å². The Kier molecular flexibility index (Phi) is 5.06. The molecule has 0 spiro atoms. The fraction of sp³-hybridized carbons (Fsp3) is 0.778. The fourth-order valence-electron chi connectivity index (χ4n) is 1.05. The molecule has 0 heterocycles. The molecule has 0 fully saturated rings. The van der Waals surface area contributed by atoms with Crippen molar-refractivity contribution in [3.63, 3.8) is 0 Å². The van der Waals surface area contributed by atoms with Gasteiger partial charge in [0.1, 0.15) is 5.78 Å². The van der Waals surface area contributed by atoms with Gasteiger partial charge in [-0.2, -0.15) is 12.6 Å². The molecule has 0 aromatic carbocycles. The van der Waals surface area contributed by atoms with Gasteiger partial charge in [-0.05, 0) is 20.8 Å². The number of thiol groups is 1. The second kappa shape index (κ2) is 5.27. The second-order valence-corrected chi connectivity index (χ2v) is 3.63. The lowest BCUT2D eigenvalue weighted by Gasteiger charge is -2.23. The van der Waals surface area contributed by atoms with Crippen molar-refractivity contribution in [2.45, 2.75) is 27.2 Å².